The molecule has 2 unspecified atom stereocenters. The number of urea groups is 1. The van der Waals surface area contributed by atoms with Crippen molar-refractivity contribution in [3.63, 3.8) is 0 Å². The van der Waals surface area contributed by atoms with Gasteiger partial charge in [-0.3, -0.25) is 10.6 Å². The summed E-state index contributed by atoms with van der Waals surface area (Å²) in [4.78, 5) is 12.5. The Kier molecular flexibility index (Phi) is 7.13. The Labute approximate surface area is 184 Å². The van der Waals surface area contributed by atoms with Crippen LogP contribution in [0.25, 0.3) is 10.8 Å². The normalized spacial score (nSPS) is 25.0. The second kappa shape index (κ2) is 9.99. The zero-order chi connectivity index (χ0) is 20.8. The van der Waals surface area contributed by atoms with E-state index in [0.29, 0.717) is 0 Å². The van der Waals surface area contributed by atoms with Gasteiger partial charge in [-0.05, 0) is 35.7 Å². The van der Waals surface area contributed by atoms with Crippen molar-refractivity contribution < 1.29 is 4.79 Å². The summed E-state index contributed by atoms with van der Waals surface area (Å²) in [5.74, 6) is 0. The van der Waals surface area contributed by atoms with Crippen molar-refractivity contribution in [3.8, 4) is 0 Å². The lowest BCUT2D eigenvalue weighted by molar-refractivity contribution is 0.111. The minimum Gasteiger partial charge on any atom is -0.310 e. The molecule has 0 bridgehead atoms. The van der Waals surface area contributed by atoms with E-state index in [1.165, 1.54) is 44.9 Å². The maximum absolute atomic E-state index is 12.5. The molecule has 2 amide bonds. The molecule has 1 saturated heterocycles. The molecule has 1 aliphatic carbocycles. The lowest BCUT2D eigenvalue weighted by Gasteiger charge is -2.46. The quantitative estimate of drug-likeness (QED) is 0.376. The molecule has 2 atom stereocenters. The number of alkyl halides is 1. The highest BCUT2D eigenvalue weighted by atomic mass is 35.5. The molecule has 4 rings (SSSR count). The molecule has 162 valence electrons. The van der Waals surface area contributed by atoms with Crippen LogP contribution in [0.2, 0.25) is 0 Å². The van der Waals surface area contributed by atoms with Crippen molar-refractivity contribution in [2.75, 3.05) is 11.9 Å². The summed E-state index contributed by atoms with van der Waals surface area (Å²) in [7, 11) is 0. The van der Waals surface area contributed by atoms with Gasteiger partial charge in [0.25, 0.3) is 0 Å². The molecular formula is C24H33ClN4O. The fourth-order valence-corrected chi connectivity index (χ4v) is 5.25. The highest BCUT2D eigenvalue weighted by molar-refractivity contribution is 6.21. The van der Waals surface area contributed by atoms with Gasteiger partial charge >= 0.3 is 6.03 Å². The topological polar surface area (TPSA) is 65.2 Å². The van der Waals surface area contributed by atoms with E-state index < -0.39 is 0 Å². The zero-order valence-corrected chi connectivity index (χ0v) is 18.3. The van der Waals surface area contributed by atoms with Gasteiger partial charge in [0.05, 0.1) is 5.50 Å². The monoisotopic (exact) mass is 428 g/mol. The fraction of sp³-hybridized carbons (Fsp3) is 0.542. The van der Waals surface area contributed by atoms with Crippen LogP contribution in [0.4, 0.5) is 10.5 Å². The first kappa shape index (κ1) is 21.4. The first-order valence-corrected chi connectivity index (χ1v) is 11.8. The summed E-state index contributed by atoms with van der Waals surface area (Å²) in [6, 6.07) is 13.8. The lowest BCUT2D eigenvalue weighted by Crippen LogP contribution is -2.67. The summed E-state index contributed by atoms with van der Waals surface area (Å²) in [6.45, 7) is 0.828. The standard InChI is InChI=1S/C24H33ClN4O/c25-21-24(14-8-4-2-1-3-5-9-15-24)17-26-22(28-21)29-23(30)27-20-13-12-18-10-6-7-11-19(18)16-20/h6-7,10-13,16,21-22,26,28H,1-5,8-9,14-15,17H2,(H2,27,29,30). The molecule has 5 nitrogen and oxygen atoms in total. The van der Waals surface area contributed by atoms with Gasteiger partial charge in [0.15, 0.2) is 0 Å². The van der Waals surface area contributed by atoms with Crippen LogP contribution >= 0.6 is 11.6 Å². The number of hydrogen-bond acceptors (Lipinski definition) is 3. The third-order valence-corrected chi connectivity index (χ3v) is 7.23. The number of rotatable bonds is 2. The molecule has 0 aromatic heterocycles. The van der Waals surface area contributed by atoms with E-state index in [9.17, 15) is 4.79 Å². The maximum atomic E-state index is 12.5. The molecule has 1 spiro atoms. The number of amides is 2. The van der Waals surface area contributed by atoms with Crippen LogP contribution in [0.1, 0.15) is 57.8 Å². The average Bonchev–Trinajstić information content (AvgIpc) is 2.75. The van der Waals surface area contributed by atoms with Crippen molar-refractivity contribution in [2.45, 2.75) is 69.6 Å². The minimum absolute atomic E-state index is 0.0614. The number of fused-ring (bicyclic) bond motifs is 1. The number of anilines is 1. The van der Waals surface area contributed by atoms with Crippen LogP contribution in [0.3, 0.4) is 0 Å². The smallest absolute Gasteiger partial charge is 0.310 e. The molecule has 2 fully saturated rings. The summed E-state index contributed by atoms with van der Waals surface area (Å²) in [5, 5.41) is 15.0. The van der Waals surface area contributed by atoms with Crippen molar-refractivity contribution in [2.24, 2.45) is 5.41 Å². The molecule has 2 aliphatic rings. The predicted molar refractivity (Wildman–Crippen MR) is 125 cm³/mol. The molecule has 1 heterocycles. The van der Waals surface area contributed by atoms with Gasteiger partial charge in [-0.2, -0.15) is 0 Å². The lowest BCUT2D eigenvalue weighted by atomic mass is 9.75. The number of benzene rings is 2. The Bertz CT molecular complexity index is 848. The van der Waals surface area contributed by atoms with E-state index in [1.54, 1.807) is 0 Å². The van der Waals surface area contributed by atoms with E-state index in [4.69, 9.17) is 11.6 Å². The number of hydrogen-bond donors (Lipinski definition) is 4. The first-order valence-electron chi connectivity index (χ1n) is 11.3. The van der Waals surface area contributed by atoms with Gasteiger partial charge in [-0.25, -0.2) is 4.79 Å². The highest BCUT2D eigenvalue weighted by Crippen LogP contribution is 2.39. The number of nitrogens with one attached hydrogen (secondary N) is 4. The fourth-order valence-electron chi connectivity index (χ4n) is 4.83. The zero-order valence-electron chi connectivity index (χ0n) is 17.6. The molecule has 2 aromatic carbocycles. The SMILES string of the molecule is O=C(Nc1ccc2ccccc2c1)NC1NCC2(CCCCCCCCC2)C(Cl)N1. The summed E-state index contributed by atoms with van der Waals surface area (Å²) < 4.78 is 0. The Morgan fingerprint density at radius 3 is 2.30 bits per heavy atom. The third kappa shape index (κ3) is 5.26. The van der Waals surface area contributed by atoms with Crippen LogP contribution in [0, 0.1) is 5.41 Å². The van der Waals surface area contributed by atoms with Crippen LogP contribution in [-0.2, 0) is 0 Å². The van der Waals surface area contributed by atoms with Gasteiger partial charge in [0.2, 0.25) is 0 Å². The van der Waals surface area contributed by atoms with Crippen LogP contribution in [0.15, 0.2) is 42.5 Å². The average molecular weight is 429 g/mol. The van der Waals surface area contributed by atoms with Crippen LogP contribution < -0.4 is 21.3 Å². The molecular weight excluding hydrogens is 396 g/mol. The molecule has 2 aromatic rings. The molecule has 1 aliphatic heterocycles. The van der Waals surface area contributed by atoms with E-state index in [1.807, 2.05) is 36.4 Å². The van der Waals surface area contributed by atoms with Crippen molar-refractivity contribution in [1.29, 1.82) is 0 Å². The molecule has 4 N–H and O–H groups in total. The van der Waals surface area contributed by atoms with Crippen LogP contribution in [0.5, 0.6) is 0 Å². The maximum Gasteiger partial charge on any atom is 0.321 e. The largest absolute Gasteiger partial charge is 0.321 e. The van der Waals surface area contributed by atoms with Gasteiger partial charge in [-0.15, -0.1) is 11.6 Å². The van der Waals surface area contributed by atoms with Gasteiger partial charge in [-0.1, -0.05) is 75.3 Å². The Morgan fingerprint density at radius 1 is 0.933 bits per heavy atom. The van der Waals surface area contributed by atoms with E-state index in [0.717, 1.165) is 35.8 Å². The van der Waals surface area contributed by atoms with Crippen molar-refractivity contribution >= 4 is 34.1 Å². The highest BCUT2D eigenvalue weighted by Gasteiger charge is 2.41. The van der Waals surface area contributed by atoms with E-state index in [-0.39, 0.29) is 23.2 Å². The summed E-state index contributed by atoms with van der Waals surface area (Å²) >= 11 is 6.85. The summed E-state index contributed by atoms with van der Waals surface area (Å²) in [6.07, 6.45) is 11.0. The second-order valence-electron chi connectivity index (χ2n) is 8.84. The van der Waals surface area contributed by atoms with Crippen LogP contribution in [-0.4, -0.2) is 24.4 Å². The molecule has 6 heteroatoms. The van der Waals surface area contributed by atoms with Crippen molar-refractivity contribution in [3.05, 3.63) is 42.5 Å². The minimum atomic E-state index is -0.339. The Hall–Kier alpha value is -1.82. The molecule has 0 radical (unpaired) electrons. The second-order valence-corrected chi connectivity index (χ2v) is 9.28. The molecule has 30 heavy (non-hydrogen) atoms. The van der Waals surface area contributed by atoms with Gasteiger partial charge < -0.3 is 10.6 Å². The number of carbonyl (C=O) groups excluding carboxylic acids is 1. The Morgan fingerprint density at radius 2 is 1.60 bits per heavy atom. The molecule has 1 saturated carbocycles. The first-order chi connectivity index (χ1) is 14.6. The number of carbonyl (C=O) groups is 1. The van der Waals surface area contributed by atoms with Gasteiger partial charge in [0.1, 0.15) is 6.29 Å². The Balaban J connectivity index is 1.32. The van der Waals surface area contributed by atoms with Gasteiger partial charge in [0, 0.05) is 17.6 Å². The van der Waals surface area contributed by atoms with Crippen molar-refractivity contribution in [1.82, 2.24) is 16.0 Å². The van der Waals surface area contributed by atoms with E-state index in [2.05, 4.69) is 27.3 Å². The summed E-state index contributed by atoms with van der Waals surface area (Å²) in [5.41, 5.74) is 0.684. The number of halogens is 1. The predicted octanol–water partition coefficient (Wildman–Crippen LogP) is 5.51. The third-order valence-electron chi connectivity index (χ3n) is 6.64. The van der Waals surface area contributed by atoms with E-state index >= 15 is 0 Å².